The highest BCUT2D eigenvalue weighted by atomic mass is 32.2. The van der Waals surface area contributed by atoms with E-state index in [4.69, 9.17) is 4.42 Å². The highest BCUT2D eigenvalue weighted by Crippen LogP contribution is 2.22. The summed E-state index contributed by atoms with van der Waals surface area (Å²) in [7, 11) is -2.32. The number of amides is 1. The maximum Gasteiger partial charge on any atom is 0.322 e. The van der Waals surface area contributed by atoms with E-state index in [1.165, 1.54) is 47.8 Å². The zero-order valence-electron chi connectivity index (χ0n) is 17.5. The monoisotopic (exact) mass is 466 g/mol. The first-order valence-corrected chi connectivity index (χ1v) is 11.3. The lowest BCUT2D eigenvalue weighted by atomic mass is 10.1. The van der Waals surface area contributed by atoms with Crippen LogP contribution in [-0.2, 0) is 16.4 Å². The van der Waals surface area contributed by atoms with Crippen LogP contribution in [0.5, 0.6) is 0 Å². The fraction of sp³-hybridized carbons (Fsp3) is 0.0870. The first-order valence-electron chi connectivity index (χ1n) is 9.85. The van der Waals surface area contributed by atoms with Gasteiger partial charge in [-0.3, -0.25) is 14.4 Å². The summed E-state index contributed by atoms with van der Waals surface area (Å²) in [5.41, 5.74) is 1.51. The lowest BCUT2D eigenvalue weighted by Crippen LogP contribution is -2.26. The van der Waals surface area contributed by atoms with Crippen LogP contribution in [0.25, 0.3) is 0 Å². The van der Waals surface area contributed by atoms with Gasteiger partial charge in [0.2, 0.25) is 5.89 Å². The molecule has 0 spiro atoms. The molecule has 0 saturated heterocycles. The molecule has 1 N–H and O–H groups in total. The van der Waals surface area contributed by atoms with E-state index in [0.717, 1.165) is 5.56 Å². The highest BCUT2D eigenvalue weighted by molar-refractivity contribution is 7.92. The summed E-state index contributed by atoms with van der Waals surface area (Å²) in [5, 5.41) is 10.1. The summed E-state index contributed by atoms with van der Waals surface area (Å²) in [4.78, 5) is 12.5. The number of sulfonamides is 1. The number of hydrogen-bond acceptors (Lipinski definition) is 6. The minimum absolute atomic E-state index is 0.0461. The molecule has 10 heteroatoms. The van der Waals surface area contributed by atoms with E-state index in [2.05, 4.69) is 15.5 Å². The summed E-state index contributed by atoms with van der Waals surface area (Å²) in [6.07, 6.45) is 0.282. The molecule has 4 rings (SSSR count). The summed E-state index contributed by atoms with van der Waals surface area (Å²) >= 11 is 0. The molecular weight excluding hydrogens is 447 g/mol. The number of rotatable bonds is 7. The Labute approximate surface area is 189 Å². The van der Waals surface area contributed by atoms with Gasteiger partial charge in [-0.15, -0.1) is 5.10 Å². The largest absolute Gasteiger partial charge is 0.407 e. The first-order chi connectivity index (χ1) is 15.8. The summed E-state index contributed by atoms with van der Waals surface area (Å²) < 4.78 is 45.3. The van der Waals surface area contributed by atoms with Gasteiger partial charge in [-0.05, 0) is 54.1 Å². The van der Waals surface area contributed by atoms with Crippen LogP contribution in [0, 0.1) is 5.82 Å². The van der Waals surface area contributed by atoms with Crippen LogP contribution >= 0.6 is 0 Å². The maximum atomic E-state index is 13.0. The van der Waals surface area contributed by atoms with E-state index in [1.54, 1.807) is 42.5 Å². The highest BCUT2D eigenvalue weighted by Gasteiger charge is 2.22. The number of carbonyl (C=O) groups is 1. The van der Waals surface area contributed by atoms with Crippen molar-refractivity contribution < 1.29 is 22.0 Å². The molecule has 1 aromatic heterocycles. The Balaban J connectivity index is 1.42. The zero-order chi connectivity index (χ0) is 23.4. The van der Waals surface area contributed by atoms with Gasteiger partial charge in [-0.25, -0.2) is 12.8 Å². The Morgan fingerprint density at radius 1 is 0.970 bits per heavy atom. The number of para-hydroxylation sites is 1. The quantitative estimate of drug-likeness (QED) is 0.443. The lowest BCUT2D eigenvalue weighted by Gasteiger charge is -2.19. The molecule has 0 aliphatic carbocycles. The average molecular weight is 466 g/mol. The molecule has 4 aromatic rings. The normalized spacial score (nSPS) is 11.2. The molecule has 0 radical (unpaired) electrons. The number of carbonyl (C=O) groups excluding carboxylic acids is 1. The van der Waals surface area contributed by atoms with Crippen molar-refractivity contribution in [3.63, 3.8) is 0 Å². The van der Waals surface area contributed by atoms with E-state index in [0.29, 0.717) is 5.69 Å². The van der Waals surface area contributed by atoms with Crippen molar-refractivity contribution in [2.45, 2.75) is 11.3 Å². The van der Waals surface area contributed by atoms with E-state index in [9.17, 15) is 17.6 Å². The van der Waals surface area contributed by atoms with Gasteiger partial charge in [-0.1, -0.05) is 35.4 Å². The standard InChI is InChI=1S/C23H19FN4O4S/c1-28(19-5-3-2-4-6-19)33(30,31)20-13-9-17(10-14-20)22(29)25-23-27-26-21(32-23)15-16-7-11-18(24)12-8-16/h2-14H,15H2,1H3,(H,25,27,29). The minimum atomic E-state index is -3.79. The third-order valence-corrected chi connectivity index (χ3v) is 6.65. The topological polar surface area (TPSA) is 105 Å². The number of nitrogens with zero attached hydrogens (tertiary/aromatic N) is 3. The molecule has 0 saturated carbocycles. The van der Waals surface area contributed by atoms with Crippen LogP contribution in [0.2, 0.25) is 0 Å². The van der Waals surface area contributed by atoms with Crippen molar-refractivity contribution in [2.75, 3.05) is 16.7 Å². The molecule has 3 aromatic carbocycles. The van der Waals surface area contributed by atoms with Gasteiger partial charge in [0.05, 0.1) is 17.0 Å². The molecule has 8 nitrogen and oxygen atoms in total. The number of anilines is 2. The predicted octanol–water partition coefficient (Wildman–Crippen LogP) is 3.88. The number of benzene rings is 3. The average Bonchev–Trinajstić information content (AvgIpc) is 3.27. The van der Waals surface area contributed by atoms with Crippen LogP contribution in [0.15, 0.2) is 88.2 Å². The minimum Gasteiger partial charge on any atom is -0.407 e. The van der Waals surface area contributed by atoms with Crippen LogP contribution in [0.1, 0.15) is 21.8 Å². The van der Waals surface area contributed by atoms with Gasteiger partial charge in [0.1, 0.15) is 5.82 Å². The Morgan fingerprint density at radius 3 is 2.30 bits per heavy atom. The van der Waals surface area contributed by atoms with Gasteiger partial charge in [-0.2, -0.15) is 0 Å². The van der Waals surface area contributed by atoms with E-state index < -0.39 is 15.9 Å². The molecule has 168 valence electrons. The molecule has 1 heterocycles. The van der Waals surface area contributed by atoms with Gasteiger partial charge in [0.15, 0.2) is 0 Å². The smallest absolute Gasteiger partial charge is 0.322 e. The molecule has 0 unspecified atom stereocenters. The third-order valence-electron chi connectivity index (χ3n) is 4.85. The number of aromatic nitrogens is 2. The maximum absolute atomic E-state index is 13.0. The van der Waals surface area contributed by atoms with Crippen molar-refractivity contribution in [3.05, 3.63) is 102 Å². The van der Waals surface area contributed by atoms with Gasteiger partial charge >= 0.3 is 6.01 Å². The Hall–Kier alpha value is -4.05. The first kappa shape index (κ1) is 22.2. The molecule has 0 aliphatic heterocycles. The van der Waals surface area contributed by atoms with E-state index in [-0.39, 0.29) is 34.6 Å². The molecule has 33 heavy (non-hydrogen) atoms. The molecular formula is C23H19FN4O4S. The van der Waals surface area contributed by atoms with E-state index >= 15 is 0 Å². The SMILES string of the molecule is CN(c1ccccc1)S(=O)(=O)c1ccc(C(=O)Nc2nnc(Cc3ccc(F)cc3)o2)cc1. The number of halogens is 1. The second-order valence-corrected chi connectivity index (χ2v) is 9.06. The van der Waals surface area contributed by atoms with E-state index in [1.807, 2.05) is 0 Å². The van der Waals surface area contributed by atoms with Crippen molar-refractivity contribution in [3.8, 4) is 0 Å². The van der Waals surface area contributed by atoms with Gasteiger partial charge in [0.25, 0.3) is 15.9 Å². The van der Waals surface area contributed by atoms with Crippen molar-refractivity contribution >= 4 is 27.6 Å². The second kappa shape index (κ2) is 9.21. The lowest BCUT2D eigenvalue weighted by molar-refractivity contribution is 0.102. The van der Waals surface area contributed by atoms with Crippen LogP contribution in [-0.4, -0.2) is 31.6 Å². The van der Waals surface area contributed by atoms with Crippen molar-refractivity contribution in [1.82, 2.24) is 10.2 Å². The Bertz CT molecular complexity index is 1360. The van der Waals surface area contributed by atoms with Gasteiger partial charge in [0, 0.05) is 12.6 Å². The molecule has 0 atom stereocenters. The molecule has 0 bridgehead atoms. The predicted molar refractivity (Wildman–Crippen MR) is 120 cm³/mol. The van der Waals surface area contributed by atoms with Crippen LogP contribution in [0.4, 0.5) is 16.1 Å². The molecule has 0 aliphatic rings. The Morgan fingerprint density at radius 2 is 1.64 bits per heavy atom. The fourth-order valence-corrected chi connectivity index (χ4v) is 4.23. The molecule has 0 fully saturated rings. The zero-order valence-corrected chi connectivity index (χ0v) is 18.3. The summed E-state index contributed by atoms with van der Waals surface area (Å²) in [6, 6.07) is 19.9. The van der Waals surface area contributed by atoms with Crippen LogP contribution in [0.3, 0.4) is 0 Å². The summed E-state index contributed by atoms with van der Waals surface area (Å²) in [6.45, 7) is 0. The molecule has 1 amide bonds. The second-order valence-electron chi connectivity index (χ2n) is 7.09. The number of hydrogen-bond donors (Lipinski definition) is 1. The summed E-state index contributed by atoms with van der Waals surface area (Å²) in [5.74, 6) is -0.627. The van der Waals surface area contributed by atoms with Crippen molar-refractivity contribution in [1.29, 1.82) is 0 Å². The fourth-order valence-electron chi connectivity index (χ4n) is 3.03. The Kier molecular flexibility index (Phi) is 6.18. The van der Waals surface area contributed by atoms with Crippen molar-refractivity contribution in [2.24, 2.45) is 0 Å². The number of nitrogens with one attached hydrogen (secondary N) is 1. The third kappa shape index (κ3) is 5.07. The van der Waals surface area contributed by atoms with Gasteiger partial charge < -0.3 is 4.42 Å². The van der Waals surface area contributed by atoms with Crippen LogP contribution < -0.4 is 9.62 Å².